The molecule has 110 valence electrons. The second-order valence-corrected chi connectivity index (χ2v) is 4.38. The number of nitrogens with zero attached hydrogens (tertiary/aromatic N) is 3. The Morgan fingerprint density at radius 1 is 1.38 bits per heavy atom. The predicted octanol–water partition coefficient (Wildman–Crippen LogP) is 3.40. The Bertz CT molecular complexity index is 678. The molecule has 0 atom stereocenters. The third-order valence-electron chi connectivity index (χ3n) is 2.77. The minimum Gasteiger partial charge on any atom is -0.489 e. The Morgan fingerprint density at radius 2 is 2.14 bits per heavy atom. The predicted molar refractivity (Wildman–Crippen MR) is 76.1 cm³/mol. The minimum atomic E-state index is -0.510. The highest BCUT2D eigenvalue weighted by Crippen LogP contribution is 2.37. The van der Waals surface area contributed by atoms with Gasteiger partial charge in [0.05, 0.1) is 12.0 Å². The maximum atomic E-state index is 11.1. The number of aromatic nitrogens is 2. The van der Waals surface area contributed by atoms with Crippen LogP contribution in [0.25, 0.3) is 0 Å². The largest absolute Gasteiger partial charge is 0.489 e. The lowest BCUT2D eigenvalue weighted by molar-refractivity contribution is -0.385. The molecule has 21 heavy (non-hydrogen) atoms. The smallest absolute Gasteiger partial charge is 0.311 e. The van der Waals surface area contributed by atoms with Gasteiger partial charge in [0.1, 0.15) is 6.33 Å². The van der Waals surface area contributed by atoms with Crippen LogP contribution in [0.15, 0.2) is 24.5 Å². The molecule has 7 nitrogen and oxygen atoms in total. The Labute approximate surface area is 125 Å². The van der Waals surface area contributed by atoms with Crippen molar-refractivity contribution in [3.05, 3.63) is 45.4 Å². The fraction of sp³-hybridized carbons (Fsp3) is 0.231. The van der Waals surface area contributed by atoms with Gasteiger partial charge in [-0.1, -0.05) is 24.6 Å². The van der Waals surface area contributed by atoms with Crippen molar-refractivity contribution in [3.63, 3.8) is 0 Å². The van der Waals surface area contributed by atoms with E-state index in [9.17, 15) is 10.1 Å². The number of hydrogen-bond donors (Lipinski definition) is 0. The van der Waals surface area contributed by atoms with Gasteiger partial charge in [0.15, 0.2) is 5.15 Å². The number of ether oxygens (including phenoxy) is 2. The topological polar surface area (TPSA) is 87.4 Å². The van der Waals surface area contributed by atoms with Gasteiger partial charge in [0.2, 0.25) is 11.5 Å². The summed E-state index contributed by atoms with van der Waals surface area (Å²) in [7, 11) is 1.38. The molecule has 1 aromatic carbocycles. The molecular formula is C13H12ClN3O4. The van der Waals surface area contributed by atoms with E-state index in [4.69, 9.17) is 21.1 Å². The van der Waals surface area contributed by atoms with E-state index in [1.807, 2.05) is 6.92 Å². The van der Waals surface area contributed by atoms with Crippen LogP contribution < -0.4 is 9.47 Å². The highest BCUT2D eigenvalue weighted by Gasteiger charge is 2.20. The van der Waals surface area contributed by atoms with Crippen molar-refractivity contribution in [1.29, 1.82) is 0 Å². The first kappa shape index (κ1) is 15.0. The van der Waals surface area contributed by atoms with Crippen molar-refractivity contribution >= 4 is 17.3 Å². The summed E-state index contributed by atoms with van der Waals surface area (Å²) in [4.78, 5) is 18.3. The maximum Gasteiger partial charge on any atom is 0.311 e. The molecule has 0 amide bonds. The summed E-state index contributed by atoms with van der Waals surface area (Å²) < 4.78 is 10.5. The highest BCUT2D eigenvalue weighted by molar-refractivity contribution is 6.31. The fourth-order valence-corrected chi connectivity index (χ4v) is 1.90. The molecule has 0 saturated carbocycles. The Hall–Kier alpha value is -2.41. The van der Waals surface area contributed by atoms with Gasteiger partial charge in [-0.25, -0.2) is 4.98 Å². The lowest BCUT2D eigenvalue weighted by atomic mass is 10.1. The third-order valence-corrected chi connectivity index (χ3v) is 3.04. The molecule has 0 aliphatic heterocycles. The molecule has 0 fully saturated rings. The molecule has 1 aromatic heterocycles. The summed E-state index contributed by atoms with van der Waals surface area (Å²) in [6.45, 7) is 1.91. The van der Waals surface area contributed by atoms with E-state index in [0.717, 1.165) is 5.56 Å². The van der Waals surface area contributed by atoms with E-state index in [2.05, 4.69) is 9.97 Å². The number of nitro benzene ring substituents is 1. The van der Waals surface area contributed by atoms with Crippen molar-refractivity contribution in [1.82, 2.24) is 9.97 Å². The lowest BCUT2D eigenvalue weighted by Crippen LogP contribution is -1.99. The Kier molecular flexibility index (Phi) is 4.54. The summed E-state index contributed by atoms with van der Waals surface area (Å²) in [5, 5.41) is 11.2. The molecule has 0 saturated heterocycles. The summed E-state index contributed by atoms with van der Waals surface area (Å²) in [5.41, 5.74) is 0.688. The standard InChI is InChI=1S/C13H12ClN3O4/c1-3-8-4-5-10(9(6-8)17(18)19)21-13-11(20-2)12(14)15-7-16-13/h4-7H,3H2,1-2H3. The second-order valence-electron chi connectivity index (χ2n) is 4.02. The van der Waals surface area contributed by atoms with Gasteiger partial charge in [-0.2, -0.15) is 4.98 Å². The van der Waals surface area contributed by atoms with Crippen molar-refractivity contribution in [2.75, 3.05) is 7.11 Å². The van der Waals surface area contributed by atoms with E-state index < -0.39 is 4.92 Å². The monoisotopic (exact) mass is 309 g/mol. The molecule has 0 radical (unpaired) electrons. The zero-order chi connectivity index (χ0) is 15.4. The molecule has 0 aliphatic carbocycles. The summed E-state index contributed by atoms with van der Waals surface area (Å²) in [5.74, 6) is 0.197. The zero-order valence-corrected chi connectivity index (χ0v) is 12.1. The van der Waals surface area contributed by atoms with Gasteiger partial charge >= 0.3 is 5.69 Å². The van der Waals surface area contributed by atoms with E-state index in [1.165, 1.54) is 25.6 Å². The number of nitro groups is 1. The van der Waals surface area contributed by atoms with Crippen molar-refractivity contribution in [2.24, 2.45) is 0 Å². The van der Waals surface area contributed by atoms with Gasteiger partial charge < -0.3 is 9.47 Å². The molecule has 1 heterocycles. The van der Waals surface area contributed by atoms with E-state index >= 15 is 0 Å². The Morgan fingerprint density at radius 3 is 2.76 bits per heavy atom. The molecule has 2 aromatic rings. The van der Waals surface area contributed by atoms with Gasteiger partial charge in [0, 0.05) is 6.07 Å². The molecule has 2 rings (SSSR count). The van der Waals surface area contributed by atoms with Crippen LogP contribution in [-0.2, 0) is 6.42 Å². The normalized spacial score (nSPS) is 10.2. The molecule has 8 heteroatoms. The molecule has 0 spiro atoms. The summed E-state index contributed by atoms with van der Waals surface area (Å²) >= 11 is 5.86. The van der Waals surface area contributed by atoms with E-state index in [-0.39, 0.29) is 28.2 Å². The zero-order valence-electron chi connectivity index (χ0n) is 11.4. The SMILES string of the molecule is CCc1ccc(Oc2ncnc(Cl)c2OC)c([N+](=O)[O-])c1. The average Bonchev–Trinajstić information content (AvgIpc) is 2.47. The van der Waals surface area contributed by atoms with Crippen LogP contribution >= 0.6 is 11.6 Å². The summed E-state index contributed by atoms with van der Waals surface area (Å²) in [6.07, 6.45) is 1.87. The van der Waals surface area contributed by atoms with Crippen LogP contribution in [0.2, 0.25) is 5.15 Å². The molecular weight excluding hydrogens is 298 g/mol. The second kappa shape index (κ2) is 6.36. The van der Waals surface area contributed by atoms with Crippen LogP contribution in [0.4, 0.5) is 5.69 Å². The number of methoxy groups -OCH3 is 1. The molecule has 0 unspecified atom stereocenters. The first-order valence-electron chi connectivity index (χ1n) is 6.06. The third kappa shape index (κ3) is 3.19. The van der Waals surface area contributed by atoms with Crippen LogP contribution in [-0.4, -0.2) is 22.0 Å². The van der Waals surface area contributed by atoms with Crippen LogP contribution in [0.1, 0.15) is 12.5 Å². The molecule has 0 bridgehead atoms. The number of halogens is 1. The van der Waals surface area contributed by atoms with Crippen molar-refractivity contribution in [2.45, 2.75) is 13.3 Å². The maximum absolute atomic E-state index is 11.1. The Balaban J connectivity index is 2.44. The van der Waals surface area contributed by atoms with E-state index in [1.54, 1.807) is 6.07 Å². The number of benzene rings is 1. The fourth-order valence-electron chi connectivity index (χ4n) is 1.70. The van der Waals surface area contributed by atoms with Gasteiger partial charge in [-0.3, -0.25) is 10.1 Å². The minimum absolute atomic E-state index is 0.0184. The number of aryl methyl sites for hydroxylation is 1. The lowest BCUT2D eigenvalue weighted by Gasteiger charge is -2.10. The number of rotatable bonds is 5. The van der Waals surface area contributed by atoms with Crippen LogP contribution in [0.3, 0.4) is 0 Å². The van der Waals surface area contributed by atoms with E-state index in [0.29, 0.717) is 6.42 Å². The van der Waals surface area contributed by atoms with Gasteiger partial charge in [-0.05, 0) is 18.1 Å². The number of hydrogen-bond acceptors (Lipinski definition) is 6. The van der Waals surface area contributed by atoms with Gasteiger partial charge in [-0.15, -0.1) is 0 Å². The highest BCUT2D eigenvalue weighted by atomic mass is 35.5. The summed E-state index contributed by atoms with van der Waals surface area (Å²) in [6, 6.07) is 4.73. The van der Waals surface area contributed by atoms with Crippen LogP contribution in [0.5, 0.6) is 17.4 Å². The van der Waals surface area contributed by atoms with Crippen molar-refractivity contribution < 1.29 is 14.4 Å². The molecule has 0 N–H and O–H groups in total. The first-order chi connectivity index (χ1) is 10.1. The molecule has 0 aliphatic rings. The van der Waals surface area contributed by atoms with Crippen LogP contribution in [0, 0.1) is 10.1 Å². The average molecular weight is 310 g/mol. The van der Waals surface area contributed by atoms with Crippen molar-refractivity contribution in [3.8, 4) is 17.4 Å². The van der Waals surface area contributed by atoms with Gasteiger partial charge in [0.25, 0.3) is 5.88 Å². The first-order valence-corrected chi connectivity index (χ1v) is 6.44. The quantitative estimate of drug-likeness (QED) is 0.478.